The molecule has 0 fully saturated rings. The van der Waals surface area contributed by atoms with E-state index in [9.17, 15) is 32.3 Å². The molecule has 0 saturated heterocycles. The molecule has 0 aromatic heterocycles. The minimum Gasteiger partial charge on any atom is -0.324 e. The summed E-state index contributed by atoms with van der Waals surface area (Å²) < 4.78 is 36.8. The van der Waals surface area contributed by atoms with Crippen molar-refractivity contribution < 1.29 is 32.3 Å². The lowest BCUT2D eigenvalue weighted by Crippen LogP contribution is -2.45. The van der Waals surface area contributed by atoms with Crippen molar-refractivity contribution in [2.75, 3.05) is 10.6 Å². The average molecular weight is 405 g/mol. The predicted octanol–water partition coefficient (Wildman–Crippen LogP) is 2.81. The first-order chi connectivity index (χ1) is 13.6. The Labute approximate surface area is 162 Å². The quantitative estimate of drug-likeness (QED) is 0.765. The maximum Gasteiger partial charge on any atom is 0.471 e. The summed E-state index contributed by atoms with van der Waals surface area (Å²) in [6, 6.07) is 9.99. The van der Waals surface area contributed by atoms with Gasteiger partial charge in [0.25, 0.3) is 11.8 Å². The van der Waals surface area contributed by atoms with E-state index in [0.29, 0.717) is 0 Å². The zero-order chi connectivity index (χ0) is 21.3. The van der Waals surface area contributed by atoms with Crippen LogP contribution in [0.5, 0.6) is 0 Å². The maximum absolute atomic E-state index is 12.5. The molecule has 0 radical (unpaired) electrons. The van der Waals surface area contributed by atoms with Crippen LogP contribution in [0, 0.1) is 0 Å². The average Bonchev–Trinajstić information content (AvgIpc) is 2.93. The number of hydrogen-bond acceptors (Lipinski definition) is 4. The number of anilines is 2. The Hall–Kier alpha value is -3.69. The summed E-state index contributed by atoms with van der Waals surface area (Å²) in [5, 5.41) is 4.15. The molecule has 0 saturated carbocycles. The Morgan fingerprint density at radius 3 is 1.76 bits per heavy atom. The first-order valence-electron chi connectivity index (χ1n) is 8.35. The Balaban J connectivity index is 1.67. The van der Waals surface area contributed by atoms with Crippen LogP contribution in [0.3, 0.4) is 0 Å². The molecule has 1 unspecified atom stereocenters. The molecule has 2 aromatic carbocycles. The SMILES string of the molecule is CC(C(=O)Nc1ccc(NC(=O)C(F)(F)F)cc1)N1C(=O)c2ccccc2C1=O. The number of benzene rings is 2. The molecule has 0 spiro atoms. The van der Waals surface area contributed by atoms with Crippen LogP contribution in [0.2, 0.25) is 0 Å². The van der Waals surface area contributed by atoms with Gasteiger partial charge in [0.1, 0.15) is 6.04 Å². The number of fused-ring (bicyclic) bond motifs is 1. The van der Waals surface area contributed by atoms with Crippen LogP contribution in [-0.4, -0.2) is 40.7 Å². The van der Waals surface area contributed by atoms with Crippen molar-refractivity contribution in [2.45, 2.75) is 19.1 Å². The zero-order valence-electron chi connectivity index (χ0n) is 14.9. The Morgan fingerprint density at radius 2 is 1.31 bits per heavy atom. The minimum absolute atomic E-state index is 0.112. The van der Waals surface area contributed by atoms with E-state index in [2.05, 4.69) is 5.32 Å². The third-order valence-electron chi connectivity index (χ3n) is 4.26. The second kappa shape index (κ2) is 7.38. The number of alkyl halides is 3. The van der Waals surface area contributed by atoms with E-state index < -0.39 is 35.8 Å². The number of carbonyl (C=O) groups excluding carboxylic acids is 4. The molecule has 1 aliphatic heterocycles. The van der Waals surface area contributed by atoms with Gasteiger partial charge in [0.2, 0.25) is 5.91 Å². The zero-order valence-corrected chi connectivity index (χ0v) is 14.9. The van der Waals surface area contributed by atoms with E-state index >= 15 is 0 Å². The number of nitrogens with one attached hydrogen (secondary N) is 2. The van der Waals surface area contributed by atoms with Gasteiger partial charge in [-0.3, -0.25) is 24.1 Å². The number of amides is 4. The van der Waals surface area contributed by atoms with Crippen molar-refractivity contribution in [3.05, 3.63) is 59.7 Å². The van der Waals surface area contributed by atoms with Crippen LogP contribution in [0.4, 0.5) is 24.5 Å². The largest absolute Gasteiger partial charge is 0.471 e. The van der Waals surface area contributed by atoms with Crippen LogP contribution in [0.1, 0.15) is 27.6 Å². The van der Waals surface area contributed by atoms with Crippen LogP contribution >= 0.6 is 0 Å². The molecular weight excluding hydrogens is 391 g/mol. The maximum atomic E-state index is 12.5. The highest BCUT2D eigenvalue weighted by atomic mass is 19.4. The van der Waals surface area contributed by atoms with Crippen LogP contribution in [0.25, 0.3) is 0 Å². The molecule has 150 valence electrons. The lowest BCUT2D eigenvalue weighted by molar-refractivity contribution is -0.167. The van der Waals surface area contributed by atoms with Gasteiger partial charge in [-0.15, -0.1) is 0 Å². The van der Waals surface area contributed by atoms with Crippen LogP contribution in [0.15, 0.2) is 48.5 Å². The summed E-state index contributed by atoms with van der Waals surface area (Å²) in [5.74, 6) is -3.95. The highest BCUT2D eigenvalue weighted by molar-refractivity contribution is 6.23. The van der Waals surface area contributed by atoms with Gasteiger partial charge < -0.3 is 10.6 Å². The van der Waals surface area contributed by atoms with Gasteiger partial charge >= 0.3 is 12.1 Å². The van der Waals surface area contributed by atoms with Gasteiger partial charge in [0.05, 0.1) is 11.1 Å². The van der Waals surface area contributed by atoms with Crippen molar-refractivity contribution in [3.8, 4) is 0 Å². The lowest BCUT2D eigenvalue weighted by Gasteiger charge is -2.21. The van der Waals surface area contributed by atoms with Gasteiger partial charge in [0, 0.05) is 11.4 Å². The van der Waals surface area contributed by atoms with Crippen molar-refractivity contribution in [1.82, 2.24) is 4.90 Å². The van der Waals surface area contributed by atoms with Crippen molar-refractivity contribution in [2.24, 2.45) is 0 Å². The van der Waals surface area contributed by atoms with E-state index in [1.165, 1.54) is 43.3 Å². The molecule has 2 aromatic rings. The molecular formula is C19H14F3N3O4. The molecule has 1 heterocycles. The van der Waals surface area contributed by atoms with Crippen molar-refractivity contribution in [1.29, 1.82) is 0 Å². The van der Waals surface area contributed by atoms with Gasteiger partial charge in [-0.05, 0) is 43.3 Å². The molecule has 0 bridgehead atoms. The molecule has 0 aliphatic carbocycles. The third-order valence-corrected chi connectivity index (χ3v) is 4.26. The fraction of sp³-hybridized carbons (Fsp3) is 0.158. The van der Waals surface area contributed by atoms with Crippen LogP contribution in [-0.2, 0) is 9.59 Å². The smallest absolute Gasteiger partial charge is 0.324 e. The van der Waals surface area contributed by atoms with Gasteiger partial charge in [-0.1, -0.05) is 12.1 Å². The number of halogens is 3. The lowest BCUT2D eigenvalue weighted by atomic mass is 10.1. The summed E-state index contributed by atoms with van der Waals surface area (Å²) in [6.45, 7) is 1.38. The summed E-state index contributed by atoms with van der Waals surface area (Å²) in [5.41, 5.74) is 0.519. The minimum atomic E-state index is -5.02. The van der Waals surface area contributed by atoms with Gasteiger partial charge in [-0.2, -0.15) is 13.2 Å². The fourth-order valence-electron chi connectivity index (χ4n) is 2.76. The van der Waals surface area contributed by atoms with Crippen molar-refractivity contribution in [3.63, 3.8) is 0 Å². The fourth-order valence-corrected chi connectivity index (χ4v) is 2.76. The first-order valence-corrected chi connectivity index (χ1v) is 8.35. The van der Waals surface area contributed by atoms with E-state index in [4.69, 9.17) is 0 Å². The Morgan fingerprint density at radius 1 is 0.862 bits per heavy atom. The Bertz CT molecular complexity index is 968. The molecule has 2 N–H and O–H groups in total. The van der Waals surface area contributed by atoms with Gasteiger partial charge in [0.15, 0.2) is 0 Å². The highest BCUT2D eigenvalue weighted by Gasteiger charge is 2.41. The van der Waals surface area contributed by atoms with E-state index in [-0.39, 0.29) is 22.5 Å². The molecule has 1 atom stereocenters. The van der Waals surface area contributed by atoms with E-state index in [1.54, 1.807) is 17.4 Å². The number of hydrogen-bond donors (Lipinski definition) is 2. The van der Waals surface area contributed by atoms with Gasteiger partial charge in [-0.25, -0.2) is 0 Å². The highest BCUT2D eigenvalue weighted by Crippen LogP contribution is 2.25. The summed E-state index contributed by atoms with van der Waals surface area (Å²) in [6.07, 6.45) is -5.02. The topological polar surface area (TPSA) is 95.6 Å². The van der Waals surface area contributed by atoms with Crippen LogP contribution < -0.4 is 10.6 Å². The molecule has 29 heavy (non-hydrogen) atoms. The second-order valence-electron chi connectivity index (χ2n) is 6.22. The van der Waals surface area contributed by atoms with E-state index in [0.717, 1.165) is 4.90 Å². The number of imide groups is 1. The normalized spacial score (nSPS) is 14.4. The monoisotopic (exact) mass is 405 g/mol. The first kappa shape index (κ1) is 20.1. The molecule has 10 heteroatoms. The molecule has 7 nitrogen and oxygen atoms in total. The number of rotatable bonds is 4. The third kappa shape index (κ3) is 3.96. The summed E-state index contributed by atoms with van der Waals surface area (Å²) >= 11 is 0. The standard InChI is InChI=1S/C19H14F3N3O4/c1-10(25-16(27)13-4-2-3-5-14(13)17(25)28)15(26)23-11-6-8-12(9-7-11)24-18(29)19(20,21)22/h2-10H,1H3,(H,23,26)(H,24,29). The molecule has 3 rings (SSSR count). The second-order valence-corrected chi connectivity index (χ2v) is 6.22. The Kier molecular flexibility index (Phi) is 5.10. The summed E-state index contributed by atoms with van der Waals surface area (Å²) in [4.78, 5) is 49.1. The van der Waals surface area contributed by atoms with Crippen molar-refractivity contribution >= 4 is 35.0 Å². The number of nitrogens with zero attached hydrogens (tertiary/aromatic N) is 1. The number of carbonyl (C=O) groups is 4. The molecule has 1 aliphatic rings. The summed E-state index contributed by atoms with van der Waals surface area (Å²) in [7, 11) is 0. The molecule has 4 amide bonds. The van der Waals surface area contributed by atoms with E-state index in [1.807, 2.05) is 0 Å². The predicted molar refractivity (Wildman–Crippen MR) is 96.2 cm³/mol.